The van der Waals surface area contributed by atoms with E-state index in [0.717, 1.165) is 57.4 Å². The highest BCUT2D eigenvalue weighted by molar-refractivity contribution is 5.49. The fourth-order valence-corrected chi connectivity index (χ4v) is 5.71. The summed E-state index contributed by atoms with van der Waals surface area (Å²) >= 11 is 0. The average Bonchev–Trinajstić information content (AvgIpc) is 2.91. The first-order chi connectivity index (χ1) is 16.8. The number of hydrogen-bond acceptors (Lipinski definition) is 4. The van der Waals surface area contributed by atoms with Gasteiger partial charge in [0.2, 0.25) is 0 Å². The number of allylic oxidation sites excluding steroid dienone is 6. The van der Waals surface area contributed by atoms with Crippen LogP contribution in [0.3, 0.4) is 0 Å². The summed E-state index contributed by atoms with van der Waals surface area (Å²) in [5, 5.41) is 18.6. The van der Waals surface area contributed by atoms with Gasteiger partial charge in [-0.2, -0.15) is 10.5 Å². The molecule has 2 aromatic rings. The maximum Gasteiger partial charge on any atom is 0.132 e. The lowest BCUT2D eigenvalue weighted by Crippen LogP contribution is -2.47. The third kappa shape index (κ3) is 4.56. The minimum Gasteiger partial charge on any atom is -0.372 e. The van der Waals surface area contributed by atoms with Gasteiger partial charge in [-0.05, 0) is 60.0 Å². The fourth-order valence-electron chi connectivity index (χ4n) is 5.71. The van der Waals surface area contributed by atoms with E-state index < -0.39 is 0 Å². The summed E-state index contributed by atoms with van der Waals surface area (Å²) in [4.78, 5) is 5.16. The van der Waals surface area contributed by atoms with Crippen molar-refractivity contribution in [3.05, 3.63) is 106 Å². The molecular weight excluding hydrogens is 416 g/mol. The molecule has 1 aliphatic heterocycles. The molecule has 2 aromatic carbocycles. The van der Waals surface area contributed by atoms with Crippen molar-refractivity contribution in [2.45, 2.75) is 31.7 Å². The number of rotatable bonds is 4. The molecule has 0 bridgehead atoms. The molecule has 1 fully saturated rings. The monoisotopic (exact) mass is 446 g/mol. The van der Waals surface area contributed by atoms with E-state index in [0.29, 0.717) is 5.92 Å². The Labute approximate surface area is 202 Å². The van der Waals surface area contributed by atoms with Crippen molar-refractivity contribution in [1.82, 2.24) is 9.80 Å². The van der Waals surface area contributed by atoms with Gasteiger partial charge in [0.15, 0.2) is 0 Å². The summed E-state index contributed by atoms with van der Waals surface area (Å²) in [7, 11) is 0. The predicted octanol–water partition coefficient (Wildman–Crippen LogP) is 5.75. The first-order valence-corrected chi connectivity index (χ1v) is 12.3. The second kappa shape index (κ2) is 10.1. The molecule has 0 radical (unpaired) electrons. The molecule has 1 saturated heterocycles. The van der Waals surface area contributed by atoms with Gasteiger partial charge in [0.1, 0.15) is 17.7 Å². The van der Waals surface area contributed by atoms with Gasteiger partial charge in [0, 0.05) is 31.9 Å². The molecule has 0 saturated carbocycles. The molecule has 4 nitrogen and oxygen atoms in total. The van der Waals surface area contributed by atoms with Crippen molar-refractivity contribution in [1.29, 1.82) is 10.5 Å². The maximum atomic E-state index is 9.28. The van der Waals surface area contributed by atoms with E-state index in [1.165, 1.54) is 22.4 Å². The maximum absolute atomic E-state index is 9.28. The Hall–Kier alpha value is -3.60. The van der Waals surface area contributed by atoms with E-state index in [-0.39, 0.29) is 11.6 Å². The first kappa shape index (κ1) is 22.2. The van der Waals surface area contributed by atoms with Crippen LogP contribution in [0.4, 0.5) is 0 Å². The number of benzene rings is 2. The highest BCUT2D eigenvalue weighted by Gasteiger charge is 2.30. The Kier molecular flexibility index (Phi) is 6.61. The van der Waals surface area contributed by atoms with Crippen LogP contribution in [-0.2, 0) is 0 Å². The normalized spacial score (nSPS) is 20.6. The molecule has 34 heavy (non-hydrogen) atoms. The van der Waals surface area contributed by atoms with Crippen LogP contribution in [0, 0.1) is 28.6 Å². The molecule has 1 atom stereocenters. The van der Waals surface area contributed by atoms with Crippen LogP contribution in [0.25, 0.3) is 0 Å². The highest BCUT2D eigenvalue weighted by atomic mass is 15.3. The quantitative estimate of drug-likeness (QED) is 0.561. The van der Waals surface area contributed by atoms with Gasteiger partial charge < -0.3 is 4.90 Å². The van der Waals surface area contributed by atoms with Crippen LogP contribution in [0.5, 0.6) is 0 Å². The lowest BCUT2D eigenvalue weighted by molar-refractivity contribution is 0.127. The molecule has 0 spiro atoms. The molecule has 0 N–H and O–H groups in total. The smallest absolute Gasteiger partial charge is 0.132 e. The van der Waals surface area contributed by atoms with Crippen molar-refractivity contribution >= 4 is 0 Å². The third-order valence-electron chi connectivity index (χ3n) is 7.52. The summed E-state index contributed by atoms with van der Waals surface area (Å²) in [6.45, 7) is 4.08. The van der Waals surface area contributed by atoms with Crippen LogP contribution in [0.15, 0.2) is 95.2 Å². The van der Waals surface area contributed by atoms with Gasteiger partial charge in [0.05, 0.1) is 6.04 Å². The number of hydrogen-bond donors (Lipinski definition) is 0. The second-order valence-electron chi connectivity index (χ2n) is 9.43. The van der Waals surface area contributed by atoms with Gasteiger partial charge in [-0.15, -0.1) is 0 Å². The van der Waals surface area contributed by atoms with Crippen LogP contribution in [0.2, 0.25) is 0 Å². The molecule has 3 aliphatic rings. The van der Waals surface area contributed by atoms with E-state index in [1.54, 1.807) is 0 Å². The topological polar surface area (TPSA) is 54.1 Å². The minimum absolute atomic E-state index is 0.271. The molecule has 1 unspecified atom stereocenters. The Morgan fingerprint density at radius 2 is 1.35 bits per heavy atom. The Morgan fingerprint density at radius 1 is 0.765 bits per heavy atom. The van der Waals surface area contributed by atoms with Gasteiger partial charge in [0.25, 0.3) is 0 Å². The second-order valence-corrected chi connectivity index (χ2v) is 9.43. The van der Waals surface area contributed by atoms with Crippen molar-refractivity contribution < 1.29 is 0 Å². The minimum atomic E-state index is 0.271. The lowest BCUT2D eigenvalue weighted by Gasteiger charge is -2.43. The molecule has 0 amide bonds. The molecule has 5 rings (SSSR count). The Balaban J connectivity index is 1.33. The predicted molar refractivity (Wildman–Crippen MR) is 134 cm³/mol. The summed E-state index contributed by atoms with van der Waals surface area (Å²) in [6.07, 6.45) is 8.63. The van der Waals surface area contributed by atoms with Crippen molar-refractivity contribution in [3.63, 3.8) is 0 Å². The number of fused-ring (bicyclic) bond motifs is 1. The number of piperazine rings is 1. The SMILES string of the molecule is N#CC(C#N)=C1C=C2C=C(N3CCN(C(c4ccccc4)c4ccccc4)CC3)CCC2CC1. The third-order valence-corrected chi connectivity index (χ3v) is 7.52. The van der Waals surface area contributed by atoms with Crippen LogP contribution in [0.1, 0.15) is 42.9 Å². The van der Waals surface area contributed by atoms with E-state index in [1.807, 2.05) is 0 Å². The summed E-state index contributed by atoms with van der Waals surface area (Å²) in [5.74, 6) is 0.563. The molecular formula is C30H30N4. The van der Waals surface area contributed by atoms with Gasteiger partial charge in [-0.3, -0.25) is 4.90 Å². The van der Waals surface area contributed by atoms with Crippen LogP contribution in [-0.4, -0.2) is 36.0 Å². The van der Waals surface area contributed by atoms with Gasteiger partial charge in [-0.25, -0.2) is 0 Å². The van der Waals surface area contributed by atoms with Gasteiger partial charge >= 0.3 is 0 Å². The standard InChI is InChI=1S/C30H30N4/c31-21-28(22-32)26-12-11-23-13-14-29(20-27(23)19-26)33-15-17-34(18-16-33)30(24-7-3-1-4-8-24)25-9-5-2-6-10-25/h1-10,19-20,23,30H,11-18H2. The van der Waals surface area contributed by atoms with Crippen molar-refractivity contribution in [2.75, 3.05) is 26.2 Å². The summed E-state index contributed by atoms with van der Waals surface area (Å²) < 4.78 is 0. The van der Waals surface area contributed by atoms with E-state index in [9.17, 15) is 10.5 Å². The zero-order valence-corrected chi connectivity index (χ0v) is 19.5. The van der Waals surface area contributed by atoms with Crippen molar-refractivity contribution in [2.24, 2.45) is 5.92 Å². The zero-order chi connectivity index (χ0) is 23.3. The summed E-state index contributed by atoms with van der Waals surface area (Å²) in [6, 6.07) is 26.1. The van der Waals surface area contributed by atoms with E-state index in [2.05, 4.69) is 94.8 Å². The molecule has 4 heteroatoms. The fraction of sp³-hybridized carbons (Fsp3) is 0.333. The largest absolute Gasteiger partial charge is 0.372 e. The molecule has 2 aliphatic carbocycles. The van der Waals surface area contributed by atoms with Crippen molar-refractivity contribution in [3.8, 4) is 12.1 Å². The highest BCUT2D eigenvalue weighted by Crippen LogP contribution is 2.39. The van der Waals surface area contributed by atoms with E-state index >= 15 is 0 Å². The van der Waals surface area contributed by atoms with Gasteiger partial charge in [-0.1, -0.05) is 66.7 Å². The number of nitriles is 2. The van der Waals surface area contributed by atoms with Crippen LogP contribution < -0.4 is 0 Å². The van der Waals surface area contributed by atoms with E-state index in [4.69, 9.17) is 0 Å². The zero-order valence-electron chi connectivity index (χ0n) is 19.5. The lowest BCUT2D eigenvalue weighted by atomic mass is 9.77. The first-order valence-electron chi connectivity index (χ1n) is 12.3. The Bertz CT molecular complexity index is 1130. The summed E-state index contributed by atoms with van der Waals surface area (Å²) in [5.41, 5.74) is 6.59. The Morgan fingerprint density at radius 3 is 1.94 bits per heavy atom. The molecule has 0 aromatic heterocycles. The average molecular weight is 447 g/mol. The van der Waals surface area contributed by atoms with Crippen LogP contribution >= 0.6 is 0 Å². The number of nitrogens with zero attached hydrogens (tertiary/aromatic N) is 4. The molecule has 170 valence electrons. The molecule has 1 heterocycles.